The molecule has 1 aliphatic carbocycles. The predicted octanol–water partition coefficient (Wildman–Crippen LogP) is 2.94. The van der Waals surface area contributed by atoms with E-state index >= 15 is 0 Å². The van der Waals surface area contributed by atoms with Crippen molar-refractivity contribution in [1.29, 1.82) is 0 Å². The molecule has 3 heterocycles. The molecule has 3 N–H and O–H groups in total. The molecule has 1 amide bonds. The molecule has 0 bridgehead atoms. The van der Waals surface area contributed by atoms with Crippen LogP contribution in [0.2, 0.25) is 0 Å². The number of rotatable bonds is 8. The first-order valence-electron chi connectivity index (χ1n) is 9.61. The molecule has 3 aromatic heterocycles. The Morgan fingerprint density at radius 2 is 1.93 bits per heavy atom. The van der Waals surface area contributed by atoms with E-state index in [1.165, 1.54) is 0 Å². The highest BCUT2D eigenvalue weighted by Crippen LogP contribution is 2.40. The number of hydrogen-bond acceptors (Lipinski definition) is 8. The van der Waals surface area contributed by atoms with Crippen molar-refractivity contribution >= 4 is 23.4 Å². The molecule has 1 aliphatic rings. The summed E-state index contributed by atoms with van der Waals surface area (Å²) in [5.41, 5.74) is 1.43. The normalized spacial score (nSPS) is 13.2. The first-order valence-corrected chi connectivity index (χ1v) is 9.61. The minimum Gasteiger partial charge on any atom is -0.368 e. The van der Waals surface area contributed by atoms with Gasteiger partial charge in [0.1, 0.15) is 29.0 Å². The molecule has 150 valence electrons. The van der Waals surface area contributed by atoms with E-state index in [1.54, 1.807) is 18.3 Å². The van der Waals surface area contributed by atoms with Gasteiger partial charge in [-0.15, -0.1) is 0 Å². The van der Waals surface area contributed by atoms with Crippen LogP contribution >= 0.6 is 0 Å². The molecule has 0 atom stereocenters. The molecule has 0 unspecified atom stereocenters. The van der Waals surface area contributed by atoms with Gasteiger partial charge in [-0.05, 0) is 44.4 Å². The lowest BCUT2D eigenvalue weighted by atomic mass is 10.3. The van der Waals surface area contributed by atoms with Crippen molar-refractivity contribution in [3.05, 3.63) is 53.3 Å². The molecule has 0 spiro atoms. The summed E-state index contributed by atoms with van der Waals surface area (Å²) in [4.78, 5) is 25.2. The van der Waals surface area contributed by atoms with Crippen molar-refractivity contribution in [3.63, 3.8) is 0 Å². The summed E-state index contributed by atoms with van der Waals surface area (Å²) < 4.78 is 5.21. The number of nitrogens with zero attached hydrogens (tertiary/aromatic N) is 4. The van der Waals surface area contributed by atoms with Gasteiger partial charge in [0.15, 0.2) is 5.69 Å². The van der Waals surface area contributed by atoms with Crippen molar-refractivity contribution in [2.45, 2.75) is 32.6 Å². The van der Waals surface area contributed by atoms with Crippen molar-refractivity contribution in [3.8, 4) is 0 Å². The van der Waals surface area contributed by atoms with Gasteiger partial charge in [0.2, 0.25) is 0 Å². The molecule has 9 heteroatoms. The van der Waals surface area contributed by atoms with E-state index in [4.69, 9.17) is 4.52 Å². The Morgan fingerprint density at radius 3 is 2.72 bits per heavy atom. The molecule has 0 aromatic carbocycles. The van der Waals surface area contributed by atoms with Gasteiger partial charge in [0.25, 0.3) is 5.91 Å². The smallest absolute Gasteiger partial charge is 0.273 e. The van der Waals surface area contributed by atoms with Gasteiger partial charge in [-0.25, -0.2) is 15.0 Å². The summed E-state index contributed by atoms with van der Waals surface area (Å²) in [6.45, 7) is 4.77. The first-order chi connectivity index (χ1) is 14.1. The maximum absolute atomic E-state index is 12.1. The van der Waals surface area contributed by atoms with Crippen LogP contribution in [0.4, 0.5) is 17.5 Å². The second kappa shape index (κ2) is 8.26. The fourth-order valence-corrected chi connectivity index (χ4v) is 2.87. The fourth-order valence-electron chi connectivity index (χ4n) is 2.87. The monoisotopic (exact) mass is 393 g/mol. The molecule has 1 saturated carbocycles. The summed E-state index contributed by atoms with van der Waals surface area (Å²) in [7, 11) is 0. The highest BCUT2D eigenvalue weighted by atomic mass is 16.5. The highest BCUT2D eigenvalue weighted by molar-refractivity contribution is 5.92. The van der Waals surface area contributed by atoms with E-state index in [9.17, 15) is 4.79 Å². The number of amides is 1. The van der Waals surface area contributed by atoms with Crippen molar-refractivity contribution in [1.82, 2.24) is 25.4 Å². The Morgan fingerprint density at radius 1 is 1.10 bits per heavy atom. The Bertz CT molecular complexity index is 1010. The number of carbonyl (C=O) groups is 1. The molecule has 9 nitrogen and oxygen atoms in total. The van der Waals surface area contributed by atoms with Gasteiger partial charge in [0.05, 0.1) is 0 Å². The van der Waals surface area contributed by atoms with E-state index in [0.29, 0.717) is 42.2 Å². The SMILES string of the molecule is Cc1ccnc(Nc2cc(NCCNC(=O)c3cc(C4CC4)on3)nc(C)n2)c1. The molecular weight excluding hydrogens is 370 g/mol. The lowest BCUT2D eigenvalue weighted by Crippen LogP contribution is -2.29. The number of nitrogens with one attached hydrogen (secondary N) is 3. The molecular formula is C20H23N7O2. The number of hydrogen-bond donors (Lipinski definition) is 3. The molecule has 0 aliphatic heterocycles. The molecule has 4 rings (SSSR count). The lowest BCUT2D eigenvalue weighted by molar-refractivity contribution is 0.0946. The molecule has 0 radical (unpaired) electrons. The van der Waals surface area contributed by atoms with Crippen LogP contribution in [-0.2, 0) is 0 Å². The highest BCUT2D eigenvalue weighted by Gasteiger charge is 2.28. The summed E-state index contributed by atoms with van der Waals surface area (Å²) in [5, 5.41) is 13.0. The molecule has 0 saturated heterocycles. The Kier molecular flexibility index (Phi) is 5.37. The third-order valence-electron chi connectivity index (χ3n) is 4.47. The van der Waals surface area contributed by atoms with E-state index in [1.807, 2.05) is 26.0 Å². The Balaban J connectivity index is 1.28. The second-order valence-electron chi connectivity index (χ2n) is 7.10. The zero-order valence-electron chi connectivity index (χ0n) is 16.4. The maximum Gasteiger partial charge on any atom is 0.273 e. The van der Waals surface area contributed by atoms with E-state index in [0.717, 1.165) is 30.0 Å². The second-order valence-corrected chi connectivity index (χ2v) is 7.10. The molecule has 3 aromatic rings. The Labute approximate surface area is 168 Å². The van der Waals surface area contributed by atoms with Crippen LogP contribution in [0.15, 0.2) is 35.0 Å². The van der Waals surface area contributed by atoms with E-state index in [2.05, 4.69) is 36.1 Å². The van der Waals surface area contributed by atoms with Gasteiger partial charge in [0, 0.05) is 37.3 Å². The number of carbonyl (C=O) groups excluding carboxylic acids is 1. The topological polar surface area (TPSA) is 118 Å². The minimum absolute atomic E-state index is 0.241. The van der Waals surface area contributed by atoms with Gasteiger partial charge < -0.3 is 20.5 Å². The van der Waals surface area contributed by atoms with Gasteiger partial charge >= 0.3 is 0 Å². The first kappa shape index (κ1) is 18.9. The van der Waals surface area contributed by atoms with Crippen LogP contribution in [-0.4, -0.2) is 39.1 Å². The largest absolute Gasteiger partial charge is 0.368 e. The number of aryl methyl sites for hydroxylation is 2. The van der Waals surface area contributed by atoms with Crippen LogP contribution in [0.1, 0.15) is 46.4 Å². The van der Waals surface area contributed by atoms with E-state index in [-0.39, 0.29) is 5.91 Å². The number of aromatic nitrogens is 4. The predicted molar refractivity (Wildman–Crippen MR) is 108 cm³/mol. The zero-order chi connectivity index (χ0) is 20.2. The third kappa shape index (κ3) is 5.07. The average Bonchev–Trinajstić information content (AvgIpc) is 3.41. The Hall–Kier alpha value is -3.49. The van der Waals surface area contributed by atoms with E-state index < -0.39 is 0 Å². The summed E-state index contributed by atoms with van der Waals surface area (Å²) >= 11 is 0. The van der Waals surface area contributed by atoms with Crippen molar-refractivity contribution in [2.75, 3.05) is 23.7 Å². The summed E-state index contributed by atoms with van der Waals surface area (Å²) in [6.07, 6.45) is 3.96. The van der Waals surface area contributed by atoms with Crippen LogP contribution in [0.3, 0.4) is 0 Å². The lowest BCUT2D eigenvalue weighted by Gasteiger charge is -2.10. The van der Waals surface area contributed by atoms with Crippen LogP contribution in [0.5, 0.6) is 0 Å². The van der Waals surface area contributed by atoms with Gasteiger partial charge in [-0.2, -0.15) is 0 Å². The third-order valence-corrected chi connectivity index (χ3v) is 4.47. The van der Waals surface area contributed by atoms with Gasteiger partial charge in [-0.1, -0.05) is 5.16 Å². The standard InChI is InChI=1S/C20H23N7O2/c1-12-5-6-21-17(9-12)26-19-11-18(24-13(2)25-19)22-7-8-23-20(28)15-10-16(29-27-15)14-3-4-14/h5-6,9-11,14H,3-4,7-8H2,1-2H3,(H,23,28)(H2,21,22,24,25,26). The van der Waals surface area contributed by atoms with Crippen LogP contribution in [0, 0.1) is 13.8 Å². The average molecular weight is 393 g/mol. The minimum atomic E-state index is -0.241. The van der Waals surface area contributed by atoms with Crippen LogP contribution in [0.25, 0.3) is 0 Å². The molecule has 1 fully saturated rings. The number of pyridine rings is 1. The number of anilines is 3. The van der Waals surface area contributed by atoms with Crippen molar-refractivity contribution < 1.29 is 9.32 Å². The van der Waals surface area contributed by atoms with Crippen LogP contribution < -0.4 is 16.0 Å². The summed E-state index contributed by atoms with van der Waals surface area (Å²) in [6, 6.07) is 7.41. The quantitative estimate of drug-likeness (QED) is 0.500. The van der Waals surface area contributed by atoms with Gasteiger partial charge in [-0.3, -0.25) is 4.79 Å². The maximum atomic E-state index is 12.1. The fraction of sp³-hybridized carbons (Fsp3) is 0.350. The van der Waals surface area contributed by atoms with Crippen molar-refractivity contribution in [2.24, 2.45) is 0 Å². The molecule has 29 heavy (non-hydrogen) atoms. The zero-order valence-corrected chi connectivity index (χ0v) is 16.4. The summed E-state index contributed by atoms with van der Waals surface area (Å²) in [5.74, 6) is 3.66.